The lowest BCUT2D eigenvalue weighted by atomic mass is 9.85. The van der Waals surface area contributed by atoms with E-state index in [0.717, 1.165) is 16.6 Å². The molecule has 11 heteroatoms. The van der Waals surface area contributed by atoms with Crippen molar-refractivity contribution in [1.82, 2.24) is 15.3 Å². The van der Waals surface area contributed by atoms with Gasteiger partial charge in [0.2, 0.25) is 0 Å². The average Bonchev–Trinajstić information content (AvgIpc) is 2.96. The molecule has 234 valence electrons. The maximum atomic E-state index is 14.3. The van der Waals surface area contributed by atoms with Crippen LogP contribution < -0.4 is 5.43 Å². The van der Waals surface area contributed by atoms with E-state index in [1.807, 2.05) is 6.92 Å². The molecule has 0 aliphatic carbocycles. The first-order chi connectivity index (χ1) is 20.8. The molecule has 0 spiro atoms. The van der Waals surface area contributed by atoms with Crippen molar-refractivity contribution in [2.45, 2.75) is 57.8 Å². The highest BCUT2D eigenvalue weighted by Crippen LogP contribution is 2.40. The number of halogens is 3. The Balaban J connectivity index is 1.49. The van der Waals surface area contributed by atoms with Gasteiger partial charge >= 0.3 is 12.2 Å². The Hall–Kier alpha value is -4.38. The second-order valence-electron chi connectivity index (χ2n) is 11.7. The third-order valence-electron chi connectivity index (χ3n) is 7.45. The topological polar surface area (TPSA) is 88.2 Å². The molecule has 1 heterocycles. The molecule has 0 bridgehead atoms. The smallest absolute Gasteiger partial charge is 0.425 e. The number of hydrazine groups is 1. The summed E-state index contributed by atoms with van der Waals surface area (Å²) in [5, 5.41) is 1.05. The van der Waals surface area contributed by atoms with E-state index in [4.69, 9.17) is 9.47 Å². The summed E-state index contributed by atoms with van der Waals surface area (Å²) in [7, 11) is 0. The number of amides is 2. The van der Waals surface area contributed by atoms with E-state index in [0.29, 0.717) is 30.4 Å². The fourth-order valence-corrected chi connectivity index (χ4v) is 5.13. The molecule has 1 saturated heterocycles. The molecule has 1 unspecified atom stereocenters. The number of carbonyl (C=O) groups excluding carboxylic acids is 3. The van der Waals surface area contributed by atoms with Crippen LogP contribution in [0.25, 0.3) is 11.1 Å². The van der Waals surface area contributed by atoms with Gasteiger partial charge in [0.05, 0.1) is 12.6 Å². The molecule has 1 N–H and O–H groups in total. The lowest BCUT2D eigenvalue weighted by Crippen LogP contribution is -2.51. The Bertz CT molecular complexity index is 1480. The van der Waals surface area contributed by atoms with Crippen LogP contribution in [0.4, 0.5) is 22.8 Å². The fraction of sp³-hybridized carbons (Fsp3) is 0.364. The zero-order valence-electron chi connectivity index (χ0n) is 25.1. The summed E-state index contributed by atoms with van der Waals surface area (Å²) in [6.45, 7) is 7.16. The summed E-state index contributed by atoms with van der Waals surface area (Å²) in [6, 6.07) is 15.7. The molecule has 4 rings (SSSR count). The fourth-order valence-electron chi connectivity index (χ4n) is 5.13. The minimum atomic E-state index is -1.14. The van der Waals surface area contributed by atoms with Crippen molar-refractivity contribution in [3.8, 4) is 11.1 Å². The van der Waals surface area contributed by atoms with E-state index < -0.39 is 46.9 Å². The summed E-state index contributed by atoms with van der Waals surface area (Å²) in [5.74, 6) is -1.77. The summed E-state index contributed by atoms with van der Waals surface area (Å²) in [6.07, 6.45) is -0.180. The van der Waals surface area contributed by atoms with Gasteiger partial charge in [0.1, 0.15) is 34.9 Å². The number of aldehydes is 1. The second-order valence-corrected chi connectivity index (χ2v) is 11.7. The molecule has 0 radical (unpaired) electrons. The number of carbonyl (C=O) groups is 3. The standard InChI is InChI=1S/C33H36F3N3O5/c1-22(23-5-7-24(8-6-23)28-14-13-27(35)21-29(28)36)38-18-16-33(44-30(38)41,25-9-11-26(34)12-10-25)15-17-37-39(19-20-40)31(42)43-32(2,3)4/h5-14,20-22,37H,15-19H2,1-4H3/t22-,33?/m0/s1. The molecule has 3 aromatic rings. The quantitative estimate of drug-likeness (QED) is 0.198. The molecule has 44 heavy (non-hydrogen) atoms. The van der Waals surface area contributed by atoms with Crippen LogP contribution in [-0.4, -0.2) is 53.6 Å². The Kier molecular flexibility index (Phi) is 9.98. The van der Waals surface area contributed by atoms with Gasteiger partial charge < -0.3 is 19.2 Å². The normalized spacial score (nSPS) is 17.5. The Morgan fingerprint density at radius 3 is 2.32 bits per heavy atom. The van der Waals surface area contributed by atoms with Gasteiger partial charge in [-0.15, -0.1) is 0 Å². The number of hydrogen-bond acceptors (Lipinski definition) is 6. The van der Waals surface area contributed by atoms with Gasteiger partial charge in [0, 0.05) is 37.6 Å². The zero-order valence-corrected chi connectivity index (χ0v) is 25.1. The Morgan fingerprint density at radius 1 is 1.07 bits per heavy atom. The minimum absolute atomic E-state index is 0.134. The molecule has 2 atom stereocenters. The van der Waals surface area contributed by atoms with E-state index in [1.165, 1.54) is 24.3 Å². The number of cyclic esters (lactones) is 1. The number of benzene rings is 3. The van der Waals surface area contributed by atoms with Gasteiger partial charge in [0.25, 0.3) is 0 Å². The van der Waals surface area contributed by atoms with Gasteiger partial charge in [-0.2, -0.15) is 0 Å². The van der Waals surface area contributed by atoms with Crippen molar-refractivity contribution < 1.29 is 37.0 Å². The average molecular weight is 612 g/mol. The molecule has 1 aliphatic heterocycles. The molecule has 3 aromatic carbocycles. The van der Waals surface area contributed by atoms with Crippen molar-refractivity contribution in [2.75, 3.05) is 19.6 Å². The molecule has 1 aliphatic rings. The van der Waals surface area contributed by atoms with Crippen LogP contribution in [0, 0.1) is 17.5 Å². The highest BCUT2D eigenvalue weighted by molar-refractivity contribution is 5.71. The summed E-state index contributed by atoms with van der Waals surface area (Å²) < 4.78 is 52.9. The minimum Gasteiger partial charge on any atom is -0.443 e. The van der Waals surface area contributed by atoms with E-state index in [9.17, 15) is 27.6 Å². The van der Waals surface area contributed by atoms with Crippen molar-refractivity contribution in [1.29, 1.82) is 0 Å². The molecule has 1 fully saturated rings. The zero-order chi connectivity index (χ0) is 32.1. The lowest BCUT2D eigenvalue weighted by Gasteiger charge is -2.44. The highest BCUT2D eigenvalue weighted by atomic mass is 19.1. The number of ether oxygens (including phenoxy) is 2. The van der Waals surface area contributed by atoms with E-state index in [-0.39, 0.29) is 25.1 Å². The van der Waals surface area contributed by atoms with E-state index in [1.54, 1.807) is 62.1 Å². The maximum absolute atomic E-state index is 14.3. The van der Waals surface area contributed by atoms with Crippen molar-refractivity contribution in [2.24, 2.45) is 0 Å². The highest BCUT2D eigenvalue weighted by Gasteiger charge is 2.43. The van der Waals surface area contributed by atoms with Crippen LogP contribution in [-0.2, 0) is 19.9 Å². The van der Waals surface area contributed by atoms with Crippen molar-refractivity contribution >= 4 is 18.5 Å². The summed E-state index contributed by atoms with van der Waals surface area (Å²) in [4.78, 5) is 38.8. The summed E-state index contributed by atoms with van der Waals surface area (Å²) >= 11 is 0. The monoisotopic (exact) mass is 611 g/mol. The van der Waals surface area contributed by atoms with Crippen LogP contribution >= 0.6 is 0 Å². The van der Waals surface area contributed by atoms with Crippen LogP contribution in [0.15, 0.2) is 66.7 Å². The number of nitrogens with one attached hydrogen (secondary N) is 1. The first-order valence-electron chi connectivity index (χ1n) is 14.3. The molecule has 0 saturated carbocycles. The first kappa shape index (κ1) is 32.5. The van der Waals surface area contributed by atoms with Gasteiger partial charge in [0.15, 0.2) is 0 Å². The third kappa shape index (κ3) is 7.76. The molecular weight excluding hydrogens is 575 g/mol. The number of hydrogen-bond donors (Lipinski definition) is 1. The SMILES string of the molecule is C[C@@H](c1ccc(-c2ccc(F)cc2F)cc1)N1CCC(CCNN(CC=O)C(=O)OC(C)(C)C)(c2ccc(F)cc2)OC1=O. The Morgan fingerprint density at radius 2 is 1.73 bits per heavy atom. The molecule has 0 aromatic heterocycles. The predicted octanol–water partition coefficient (Wildman–Crippen LogP) is 6.90. The number of rotatable bonds is 10. The lowest BCUT2D eigenvalue weighted by molar-refractivity contribution is -0.109. The second kappa shape index (κ2) is 13.5. The van der Waals surface area contributed by atoms with Gasteiger partial charge in [-0.05, 0) is 68.7 Å². The first-order valence-corrected chi connectivity index (χ1v) is 14.3. The van der Waals surface area contributed by atoms with Gasteiger partial charge in [-0.1, -0.05) is 36.4 Å². The maximum Gasteiger partial charge on any atom is 0.425 e. The summed E-state index contributed by atoms with van der Waals surface area (Å²) in [5.41, 5.74) is 3.19. The van der Waals surface area contributed by atoms with Crippen LogP contribution in [0.2, 0.25) is 0 Å². The molecular formula is C33H36F3N3O5. The molecule has 8 nitrogen and oxygen atoms in total. The Labute approximate surface area is 254 Å². The number of nitrogens with zero attached hydrogens (tertiary/aromatic N) is 2. The van der Waals surface area contributed by atoms with Crippen LogP contribution in [0.1, 0.15) is 57.7 Å². The van der Waals surface area contributed by atoms with Crippen molar-refractivity contribution in [3.63, 3.8) is 0 Å². The van der Waals surface area contributed by atoms with E-state index >= 15 is 0 Å². The van der Waals surface area contributed by atoms with Crippen molar-refractivity contribution in [3.05, 3.63) is 95.3 Å². The third-order valence-corrected chi connectivity index (χ3v) is 7.45. The van der Waals surface area contributed by atoms with Crippen LogP contribution in [0.3, 0.4) is 0 Å². The largest absolute Gasteiger partial charge is 0.443 e. The van der Waals surface area contributed by atoms with Gasteiger partial charge in [-0.3, -0.25) is 0 Å². The van der Waals surface area contributed by atoms with Crippen LogP contribution in [0.5, 0.6) is 0 Å². The van der Waals surface area contributed by atoms with E-state index in [2.05, 4.69) is 5.43 Å². The molecule has 2 amide bonds. The predicted molar refractivity (Wildman–Crippen MR) is 158 cm³/mol. The van der Waals surface area contributed by atoms with Gasteiger partial charge in [-0.25, -0.2) is 33.2 Å².